The zero-order valence-electron chi connectivity index (χ0n) is 13.4. The molecular formula is C17H24N2O4. The lowest BCUT2D eigenvalue weighted by Crippen LogP contribution is -2.45. The van der Waals surface area contributed by atoms with Crippen LogP contribution in [0.2, 0.25) is 0 Å². The lowest BCUT2D eigenvalue weighted by atomic mass is 10.1. The highest BCUT2D eigenvalue weighted by Crippen LogP contribution is 2.07. The summed E-state index contributed by atoms with van der Waals surface area (Å²) in [5, 5.41) is 5.94. The first-order valence-electron chi connectivity index (χ1n) is 7.92. The predicted octanol–water partition coefficient (Wildman–Crippen LogP) is 0.656. The molecule has 0 radical (unpaired) electrons. The summed E-state index contributed by atoms with van der Waals surface area (Å²) in [5.74, 6) is -0.751. The smallest absolute Gasteiger partial charge is 0.328 e. The number of nitrogens with one attached hydrogen (secondary N) is 2. The van der Waals surface area contributed by atoms with E-state index in [-0.39, 0.29) is 18.6 Å². The molecule has 1 aromatic carbocycles. The minimum absolute atomic E-state index is 0.0348. The molecule has 1 heterocycles. The monoisotopic (exact) mass is 320 g/mol. The van der Waals surface area contributed by atoms with Gasteiger partial charge in [-0.05, 0) is 31.5 Å². The van der Waals surface area contributed by atoms with Crippen LogP contribution in [0.5, 0.6) is 0 Å². The van der Waals surface area contributed by atoms with Crippen LogP contribution < -0.4 is 10.6 Å². The summed E-state index contributed by atoms with van der Waals surface area (Å²) in [4.78, 5) is 23.9. The van der Waals surface area contributed by atoms with Crippen molar-refractivity contribution in [2.45, 2.75) is 31.4 Å². The first-order valence-corrected chi connectivity index (χ1v) is 7.92. The summed E-state index contributed by atoms with van der Waals surface area (Å²) >= 11 is 0. The summed E-state index contributed by atoms with van der Waals surface area (Å²) < 4.78 is 10.4. The topological polar surface area (TPSA) is 76.7 Å². The zero-order chi connectivity index (χ0) is 16.5. The Labute approximate surface area is 136 Å². The maximum atomic E-state index is 12.0. The van der Waals surface area contributed by atoms with Gasteiger partial charge in [0, 0.05) is 6.42 Å². The van der Waals surface area contributed by atoms with E-state index in [2.05, 4.69) is 10.6 Å². The fourth-order valence-electron chi connectivity index (χ4n) is 2.58. The minimum Gasteiger partial charge on any atom is -0.467 e. The standard InChI is InChI=1S/C17H24N2O4/c1-22-17(21)15(11-13-5-3-2-4-6-13)19-16(20)12-23-14-7-9-18-10-8-14/h2-6,14-15,18H,7-12H2,1H3,(H,19,20). The number of piperidine rings is 1. The van der Waals surface area contributed by atoms with Gasteiger partial charge in [0.2, 0.25) is 5.91 Å². The second kappa shape index (κ2) is 9.27. The van der Waals surface area contributed by atoms with Crippen molar-refractivity contribution >= 4 is 11.9 Å². The summed E-state index contributed by atoms with van der Waals surface area (Å²) in [6.45, 7) is 1.78. The van der Waals surface area contributed by atoms with Crippen molar-refractivity contribution < 1.29 is 19.1 Å². The van der Waals surface area contributed by atoms with Crippen LogP contribution >= 0.6 is 0 Å². The van der Waals surface area contributed by atoms with Crippen LogP contribution in [-0.4, -0.2) is 50.8 Å². The molecule has 0 aliphatic carbocycles. The number of carbonyl (C=O) groups is 2. The molecule has 0 spiro atoms. The van der Waals surface area contributed by atoms with Crippen LogP contribution in [0, 0.1) is 0 Å². The molecule has 23 heavy (non-hydrogen) atoms. The van der Waals surface area contributed by atoms with Gasteiger partial charge in [0.1, 0.15) is 12.6 Å². The van der Waals surface area contributed by atoms with Crippen LogP contribution in [-0.2, 0) is 25.5 Å². The summed E-state index contributed by atoms with van der Waals surface area (Å²) in [6.07, 6.45) is 2.30. The largest absolute Gasteiger partial charge is 0.467 e. The summed E-state index contributed by atoms with van der Waals surface area (Å²) in [7, 11) is 1.32. The van der Waals surface area contributed by atoms with Gasteiger partial charge in [0.05, 0.1) is 13.2 Å². The molecule has 0 aromatic heterocycles. The van der Waals surface area contributed by atoms with Gasteiger partial charge >= 0.3 is 5.97 Å². The van der Waals surface area contributed by atoms with Crippen molar-refractivity contribution in [3.8, 4) is 0 Å². The molecule has 0 saturated carbocycles. The van der Waals surface area contributed by atoms with Gasteiger partial charge in [-0.3, -0.25) is 4.79 Å². The molecule has 1 saturated heterocycles. The number of benzene rings is 1. The predicted molar refractivity (Wildman–Crippen MR) is 85.9 cm³/mol. The van der Waals surface area contributed by atoms with Crippen molar-refractivity contribution in [2.24, 2.45) is 0 Å². The highest BCUT2D eigenvalue weighted by molar-refractivity contribution is 5.85. The number of hydrogen-bond acceptors (Lipinski definition) is 5. The average molecular weight is 320 g/mol. The third-order valence-corrected chi connectivity index (χ3v) is 3.84. The van der Waals surface area contributed by atoms with Crippen molar-refractivity contribution in [1.29, 1.82) is 0 Å². The Hall–Kier alpha value is -1.92. The minimum atomic E-state index is -0.702. The van der Waals surface area contributed by atoms with Gasteiger partial charge in [-0.1, -0.05) is 30.3 Å². The average Bonchev–Trinajstić information content (AvgIpc) is 2.60. The molecule has 1 atom stereocenters. The fourth-order valence-corrected chi connectivity index (χ4v) is 2.58. The number of hydrogen-bond donors (Lipinski definition) is 2. The molecule has 1 aliphatic rings. The molecule has 1 fully saturated rings. The third kappa shape index (κ3) is 6.00. The number of esters is 1. The van der Waals surface area contributed by atoms with Crippen LogP contribution in [0.15, 0.2) is 30.3 Å². The summed E-state index contributed by atoms with van der Waals surface area (Å²) in [5.41, 5.74) is 0.961. The van der Waals surface area contributed by atoms with Gasteiger partial charge in [0.25, 0.3) is 0 Å². The molecule has 2 rings (SSSR count). The van der Waals surface area contributed by atoms with Crippen molar-refractivity contribution in [3.63, 3.8) is 0 Å². The van der Waals surface area contributed by atoms with Gasteiger partial charge < -0.3 is 20.1 Å². The number of rotatable bonds is 7. The Kier molecular flexibility index (Phi) is 7.03. The highest BCUT2D eigenvalue weighted by atomic mass is 16.5. The van der Waals surface area contributed by atoms with Gasteiger partial charge in [-0.25, -0.2) is 4.79 Å². The highest BCUT2D eigenvalue weighted by Gasteiger charge is 2.23. The third-order valence-electron chi connectivity index (χ3n) is 3.84. The van der Waals surface area contributed by atoms with Crippen LogP contribution in [0.4, 0.5) is 0 Å². The second-order valence-electron chi connectivity index (χ2n) is 5.59. The van der Waals surface area contributed by atoms with E-state index in [1.54, 1.807) is 0 Å². The van der Waals surface area contributed by atoms with Crippen molar-refractivity contribution in [2.75, 3.05) is 26.8 Å². The molecular weight excluding hydrogens is 296 g/mol. The maximum absolute atomic E-state index is 12.0. The number of carbonyl (C=O) groups excluding carboxylic acids is 2. The van der Waals surface area contributed by atoms with E-state index in [1.807, 2.05) is 30.3 Å². The van der Waals surface area contributed by atoms with E-state index in [9.17, 15) is 9.59 Å². The Morgan fingerprint density at radius 2 is 1.96 bits per heavy atom. The van der Waals surface area contributed by atoms with Gasteiger partial charge in [0.15, 0.2) is 0 Å². The number of methoxy groups -OCH3 is 1. The Morgan fingerprint density at radius 3 is 2.61 bits per heavy atom. The first-order chi connectivity index (χ1) is 11.2. The van der Waals surface area contributed by atoms with E-state index in [4.69, 9.17) is 9.47 Å². The lowest BCUT2D eigenvalue weighted by Gasteiger charge is -2.23. The molecule has 126 valence electrons. The number of amides is 1. The Morgan fingerprint density at radius 1 is 1.26 bits per heavy atom. The molecule has 6 nitrogen and oxygen atoms in total. The maximum Gasteiger partial charge on any atom is 0.328 e. The van der Waals surface area contributed by atoms with E-state index in [0.29, 0.717) is 6.42 Å². The normalized spacial score (nSPS) is 16.6. The molecule has 1 aromatic rings. The SMILES string of the molecule is COC(=O)C(Cc1ccccc1)NC(=O)COC1CCNCC1. The van der Waals surface area contributed by atoms with E-state index in [1.165, 1.54) is 7.11 Å². The van der Waals surface area contributed by atoms with Crippen LogP contribution in [0.25, 0.3) is 0 Å². The fraction of sp³-hybridized carbons (Fsp3) is 0.529. The molecule has 1 aliphatic heterocycles. The van der Waals surface area contributed by atoms with Gasteiger partial charge in [-0.15, -0.1) is 0 Å². The lowest BCUT2D eigenvalue weighted by molar-refractivity contribution is -0.146. The molecule has 1 amide bonds. The van der Waals surface area contributed by atoms with Crippen molar-refractivity contribution in [3.05, 3.63) is 35.9 Å². The Bertz CT molecular complexity index is 501. The molecule has 0 bridgehead atoms. The quantitative estimate of drug-likeness (QED) is 0.722. The summed E-state index contributed by atoms with van der Waals surface area (Å²) in [6, 6.07) is 8.81. The molecule has 2 N–H and O–H groups in total. The van der Waals surface area contributed by atoms with Gasteiger partial charge in [-0.2, -0.15) is 0 Å². The molecule has 6 heteroatoms. The number of ether oxygens (including phenoxy) is 2. The Balaban J connectivity index is 1.84. The second-order valence-corrected chi connectivity index (χ2v) is 5.59. The zero-order valence-corrected chi connectivity index (χ0v) is 13.4. The first kappa shape index (κ1) is 17.4. The van der Waals surface area contributed by atoms with Crippen molar-refractivity contribution in [1.82, 2.24) is 10.6 Å². The van der Waals surface area contributed by atoms with Crippen LogP contribution in [0.3, 0.4) is 0 Å². The molecule has 1 unspecified atom stereocenters. The van der Waals surface area contributed by atoms with E-state index >= 15 is 0 Å². The van der Waals surface area contributed by atoms with Crippen LogP contribution in [0.1, 0.15) is 18.4 Å². The van der Waals surface area contributed by atoms with E-state index in [0.717, 1.165) is 31.5 Å². The van der Waals surface area contributed by atoms with E-state index < -0.39 is 12.0 Å².